The van der Waals surface area contributed by atoms with Crippen LogP contribution in [0.25, 0.3) is 0 Å². The number of aromatic nitrogens is 2. The smallest absolute Gasteiger partial charge is 0.239 e. The van der Waals surface area contributed by atoms with E-state index in [-0.39, 0.29) is 6.61 Å². The molecule has 1 aromatic heterocycles. The molecule has 19 heavy (non-hydrogen) atoms. The van der Waals surface area contributed by atoms with Crippen LogP contribution in [0, 0.1) is 11.8 Å². The normalized spacial score (nSPS) is 23.1. The Morgan fingerprint density at radius 3 is 2.79 bits per heavy atom. The number of rotatable bonds is 5. The third-order valence-corrected chi connectivity index (χ3v) is 3.98. The van der Waals surface area contributed by atoms with Gasteiger partial charge in [0.05, 0.1) is 6.20 Å². The third kappa shape index (κ3) is 3.68. The lowest BCUT2D eigenvalue weighted by molar-refractivity contribution is 0.141. The van der Waals surface area contributed by atoms with Crippen LogP contribution in [0.1, 0.15) is 25.7 Å². The molecule has 1 aromatic rings. The summed E-state index contributed by atoms with van der Waals surface area (Å²) in [6, 6.07) is 0. The van der Waals surface area contributed by atoms with Crippen LogP contribution in [0.2, 0.25) is 5.02 Å². The summed E-state index contributed by atoms with van der Waals surface area (Å²) in [6.07, 6.45) is 6.16. The minimum atomic E-state index is 0.249. The summed E-state index contributed by atoms with van der Waals surface area (Å²) in [7, 11) is 0. The standard InChI is InChI=1S/C12H20ClN5O/c13-10-6-16-12(18-14)17-11(10)15-5-8-3-1-2-4-9(8)7-19/h6,8-9,19H,1-5,7,14H2,(H2,15,16,17,18). The van der Waals surface area contributed by atoms with Crippen molar-refractivity contribution in [1.29, 1.82) is 0 Å². The Hall–Kier alpha value is -1.11. The summed E-state index contributed by atoms with van der Waals surface area (Å²) in [6.45, 7) is 1.01. The topological polar surface area (TPSA) is 96.1 Å². The van der Waals surface area contributed by atoms with Crippen LogP contribution in [-0.4, -0.2) is 28.2 Å². The molecule has 0 aromatic carbocycles. The maximum absolute atomic E-state index is 9.39. The van der Waals surface area contributed by atoms with Crippen molar-refractivity contribution in [3.05, 3.63) is 11.2 Å². The summed E-state index contributed by atoms with van der Waals surface area (Å²) in [5.74, 6) is 7.00. The van der Waals surface area contributed by atoms with Gasteiger partial charge in [-0.15, -0.1) is 0 Å². The molecule has 1 fully saturated rings. The van der Waals surface area contributed by atoms with Gasteiger partial charge < -0.3 is 10.4 Å². The number of nitrogen functional groups attached to an aromatic ring is 1. The van der Waals surface area contributed by atoms with Gasteiger partial charge in [-0.2, -0.15) is 4.98 Å². The summed E-state index contributed by atoms with van der Waals surface area (Å²) < 4.78 is 0. The van der Waals surface area contributed by atoms with Gasteiger partial charge in [0.2, 0.25) is 5.95 Å². The lowest BCUT2D eigenvalue weighted by Gasteiger charge is -2.30. The van der Waals surface area contributed by atoms with Gasteiger partial charge in [0, 0.05) is 13.2 Å². The van der Waals surface area contributed by atoms with Crippen LogP contribution in [-0.2, 0) is 0 Å². The fourth-order valence-electron chi connectivity index (χ4n) is 2.58. The number of hydrazine groups is 1. The summed E-state index contributed by atoms with van der Waals surface area (Å²) in [4.78, 5) is 8.10. The molecule has 1 heterocycles. The zero-order valence-corrected chi connectivity index (χ0v) is 11.5. The molecular formula is C12H20ClN5O. The van der Waals surface area contributed by atoms with E-state index in [0.717, 1.165) is 19.4 Å². The molecule has 1 aliphatic carbocycles. The van der Waals surface area contributed by atoms with Crippen LogP contribution >= 0.6 is 11.6 Å². The highest BCUT2D eigenvalue weighted by Gasteiger charge is 2.24. The molecular weight excluding hydrogens is 266 g/mol. The van der Waals surface area contributed by atoms with E-state index in [1.165, 1.54) is 19.0 Å². The van der Waals surface area contributed by atoms with Gasteiger partial charge in [-0.05, 0) is 24.7 Å². The average Bonchev–Trinajstić information content (AvgIpc) is 2.46. The van der Waals surface area contributed by atoms with E-state index in [2.05, 4.69) is 20.7 Å². The van der Waals surface area contributed by atoms with E-state index in [1.54, 1.807) is 0 Å². The van der Waals surface area contributed by atoms with E-state index in [9.17, 15) is 5.11 Å². The van der Waals surface area contributed by atoms with Gasteiger partial charge in [0.15, 0.2) is 5.82 Å². The first-order chi connectivity index (χ1) is 9.24. The van der Waals surface area contributed by atoms with E-state index >= 15 is 0 Å². The molecule has 0 radical (unpaired) electrons. The summed E-state index contributed by atoms with van der Waals surface area (Å²) in [5, 5.41) is 13.1. The Morgan fingerprint density at radius 1 is 1.37 bits per heavy atom. The third-order valence-electron chi connectivity index (χ3n) is 3.71. The summed E-state index contributed by atoms with van der Waals surface area (Å²) in [5.41, 5.74) is 2.39. The first-order valence-corrected chi connectivity index (χ1v) is 6.96. The molecule has 2 atom stereocenters. The lowest BCUT2D eigenvalue weighted by Crippen LogP contribution is -2.29. The number of anilines is 2. The number of nitrogens with one attached hydrogen (secondary N) is 2. The quantitative estimate of drug-likeness (QED) is 0.485. The maximum Gasteiger partial charge on any atom is 0.239 e. The number of aliphatic hydroxyl groups excluding tert-OH is 1. The van der Waals surface area contributed by atoms with Crippen LogP contribution in [0.4, 0.5) is 11.8 Å². The van der Waals surface area contributed by atoms with Crippen LogP contribution in [0.15, 0.2) is 6.20 Å². The van der Waals surface area contributed by atoms with Crippen molar-refractivity contribution in [3.8, 4) is 0 Å². The first-order valence-electron chi connectivity index (χ1n) is 6.58. The first kappa shape index (κ1) is 14.3. The average molecular weight is 286 g/mol. The van der Waals surface area contributed by atoms with Crippen molar-refractivity contribution >= 4 is 23.4 Å². The monoisotopic (exact) mass is 285 g/mol. The highest BCUT2D eigenvalue weighted by atomic mass is 35.5. The largest absolute Gasteiger partial charge is 0.396 e. The molecule has 1 aliphatic rings. The molecule has 5 N–H and O–H groups in total. The maximum atomic E-state index is 9.39. The number of aliphatic hydroxyl groups is 1. The SMILES string of the molecule is NNc1ncc(Cl)c(NCC2CCCCC2CO)n1. The Labute approximate surface area is 117 Å². The number of hydrogen-bond acceptors (Lipinski definition) is 6. The molecule has 7 heteroatoms. The fraction of sp³-hybridized carbons (Fsp3) is 0.667. The van der Waals surface area contributed by atoms with E-state index < -0.39 is 0 Å². The van der Waals surface area contributed by atoms with Crippen molar-refractivity contribution < 1.29 is 5.11 Å². The van der Waals surface area contributed by atoms with Crippen molar-refractivity contribution in [2.45, 2.75) is 25.7 Å². The fourth-order valence-corrected chi connectivity index (χ4v) is 2.74. The second-order valence-corrected chi connectivity index (χ2v) is 5.31. The zero-order valence-electron chi connectivity index (χ0n) is 10.8. The van der Waals surface area contributed by atoms with Gasteiger partial charge in [-0.1, -0.05) is 24.4 Å². The molecule has 106 valence electrons. The minimum Gasteiger partial charge on any atom is -0.396 e. The molecule has 1 saturated carbocycles. The second-order valence-electron chi connectivity index (χ2n) is 4.90. The van der Waals surface area contributed by atoms with Gasteiger partial charge in [-0.25, -0.2) is 10.8 Å². The highest BCUT2D eigenvalue weighted by molar-refractivity contribution is 6.32. The molecule has 0 saturated heterocycles. The van der Waals surface area contributed by atoms with Crippen molar-refractivity contribution in [1.82, 2.24) is 9.97 Å². The Balaban J connectivity index is 1.97. The predicted octanol–water partition coefficient (Wildman–Crippen LogP) is 1.63. The second kappa shape index (κ2) is 6.88. The predicted molar refractivity (Wildman–Crippen MR) is 75.9 cm³/mol. The molecule has 2 rings (SSSR count). The Morgan fingerprint density at radius 2 is 2.11 bits per heavy atom. The van der Waals surface area contributed by atoms with E-state index in [0.29, 0.717) is 28.6 Å². The van der Waals surface area contributed by atoms with Crippen molar-refractivity contribution in [2.75, 3.05) is 23.9 Å². The van der Waals surface area contributed by atoms with Crippen LogP contribution in [0.3, 0.4) is 0 Å². The zero-order chi connectivity index (χ0) is 13.7. The molecule has 6 nitrogen and oxygen atoms in total. The van der Waals surface area contributed by atoms with E-state index in [4.69, 9.17) is 17.4 Å². The molecule has 2 unspecified atom stereocenters. The van der Waals surface area contributed by atoms with Gasteiger partial charge in [-0.3, -0.25) is 5.43 Å². The minimum absolute atomic E-state index is 0.249. The molecule has 0 amide bonds. The van der Waals surface area contributed by atoms with Gasteiger partial charge >= 0.3 is 0 Å². The molecule has 0 aliphatic heterocycles. The number of halogens is 1. The van der Waals surface area contributed by atoms with Crippen LogP contribution < -0.4 is 16.6 Å². The Bertz CT molecular complexity index is 417. The number of nitrogens with two attached hydrogens (primary N) is 1. The lowest BCUT2D eigenvalue weighted by atomic mass is 9.79. The molecule has 0 spiro atoms. The van der Waals surface area contributed by atoms with Crippen LogP contribution in [0.5, 0.6) is 0 Å². The number of hydrogen-bond donors (Lipinski definition) is 4. The van der Waals surface area contributed by atoms with Gasteiger partial charge in [0.25, 0.3) is 0 Å². The molecule has 0 bridgehead atoms. The van der Waals surface area contributed by atoms with Crippen molar-refractivity contribution in [2.24, 2.45) is 17.7 Å². The van der Waals surface area contributed by atoms with E-state index in [1.807, 2.05) is 0 Å². The summed E-state index contributed by atoms with van der Waals surface area (Å²) >= 11 is 6.04. The number of nitrogens with zero attached hydrogens (tertiary/aromatic N) is 2. The van der Waals surface area contributed by atoms with Crippen molar-refractivity contribution in [3.63, 3.8) is 0 Å². The highest BCUT2D eigenvalue weighted by Crippen LogP contribution is 2.30. The van der Waals surface area contributed by atoms with Gasteiger partial charge in [0.1, 0.15) is 5.02 Å². The Kier molecular flexibility index (Phi) is 5.18.